The van der Waals surface area contributed by atoms with E-state index < -0.39 is 0 Å². The van der Waals surface area contributed by atoms with Crippen molar-refractivity contribution in [1.29, 1.82) is 0 Å². The molecule has 4 fully saturated rings. The minimum absolute atomic E-state index is 0.166. The summed E-state index contributed by atoms with van der Waals surface area (Å²) in [4.78, 5) is 0. The van der Waals surface area contributed by atoms with Crippen LogP contribution < -0.4 is 0 Å². The molecule has 14 heavy (non-hydrogen) atoms. The first-order chi connectivity index (χ1) is 6.59. The van der Waals surface area contributed by atoms with Crippen molar-refractivity contribution in [3.8, 4) is 0 Å². The molecule has 0 radical (unpaired) electrons. The van der Waals surface area contributed by atoms with Crippen molar-refractivity contribution in [2.75, 3.05) is 0 Å². The van der Waals surface area contributed by atoms with Gasteiger partial charge >= 0.3 is 0 Å². The Balaban J connectivity index is 1.59. The van der Waals surface area contributed by atoms with Crippen LogP contribution in [0.15, 0.2) is 0 Å². The van der Waals surface area contributed by atoms with Crippen LogP contribution in [0.1, 0.15) is 26.7 Å². The molecule has 4 heterocycles. The monoisotopic (exact) mass is 198 g/mol. The maximum absolute atomic E-state index is 5.87. The van der Waals surface area contributed by atoms with Crippen LogP contribution in [0.3, 0.4) is 0 Å². The predicted molar refractivity (Wildman–Crippen MR) is 45.5 cm³/mol. The van der Waals surface area contributed by atoms with E-state index in [0.717, 1.165) is 12.8 Å². The molecule has 0 spiro atoms. The van der Waals surface area contributed by atoms with Gasteiger partial charge in [-0.2, -0.15) is 0 Å². The summed E-state index contributed by atoms with van der Waals surface area (Å²) in [5, 5.41) is 0. The molecule has 4 heteroatoms. The number of fused-ring (bicyclic) bond motifs is 3. The molecule has 4 aliphatic heterocycles. The standard InChI is InChI=1S/C10H14O4/c1-9-7(13-9)3-6-5(11-9)4-8-10(2,12-6)14-8/h5-8H,3-4H2,1-2H3/t5-,6-,7-,8-,9-,10-/m1/s1. The van der Waals surface area contributed by atoms with Gasteiger partial charge in [-0.05, 0) is 13.8 Å². The van der Waals surface area contributed by atoms with Gasteiger partial charge in [-0.25, -0.2) is 0 Å². The highest BCUT2D eigenvalue weighted by Crippen LogP contribution is 2.54. The van der Waals surface area contributed by atoms with Gasteiger partial charge < -0.3 is 18.9 Å². The molecule has 78 valence electrons. The molecular formula is C10H14O4. The Hall–Kier alpha value is -0.160. The van der Waals surface area contributed by atoms with Gasteiger partial charge in [-0.1, -0.05) is 0 Å². The second kappa shape index (κ2) is 2.02. The fourth-order valence-electron chi connectivity index (χ4n) is 2.80. The van der Waals surface area contributed by atoms with Crippen molar-refractivity contribution >= 4 is 0 Å². The third-order valence-electron chi connectivity index (χ3n) is 3.89. The maximum Gasteiger partial charge on any atom is 0.193 e. The van der Waals surface area contributed by atoms with E-state index in [4.69, 9.17) is 18.9 Å². The zero-order valence-corrected chi connectivity index (χ0v) is 8.36. The number of rotatable bonds is 0. The Morgan fingerprint density at radius 2 is 1.21 bits per heavy atom. The van der Waals surface area contributed by atoms with E-state index in [9.17, 15) is 0 Å². The normalized spacial score (nSPS) is 69.0. The third kappa shape index (κ3) is 0.877. The van der Waals surface area contributed by atoms with Gasteiger partial charge in [0.1, 0.15) is 12.2 Å². The molecule has 0 aromatic carbocycles. The van der Waals surface area contributed by atoms with Crippen LogP contribution in [0, 0.1) is 0 Å². The van der Waals surface area contributed by atoms with Crippen molar-refractivity contribution in [3.63, 3.8) is 0 Å². The highest BCUT2D eigenvalue weighted by atomic mass is 16.8. The summed E-state index contributed by atoms with van der Waals surface area (Å²) in [7, 11) is 0. The van der Waals surface area contributed by atoms with Gasteiger partial charge in [0.25, 0.3) is 0 Å². The highest BCUT2D eigenvalue weighted by molar-refractivity contribution is 5.07. The van der Waals surface area contributed by atoms with Crippen LogP contribution in [0.2, 0.25) is 0 Å². The van der Waals surface area contributed by atoms with Crippen molar-refractivity contribution < 1.29 is 18.9 Å². The Bertz CT molecular complexity index is 276. The van der Waals surface area contributed by atoms with Crippen LogP contribution in [0.25, 0.3) is 0 Å². The summed E-state index contributed by atoms with van der Waals surface area (Å²) >= 11 is 0. The van der Waals surface area contributed by atoms with Crippen molar-refractivity contribution in [1.82, 2.24) is 0 Å². The lowest BCUT2D eigenvalue weighted by atomic mass is 9.94. The molecule has 0 aromatic rings. The van der Waals surface area contributed by atoms with Crippen LogP contribution in [0.5, 0.6) is 0 Å². The average molecular weight is 198 g/mol. The molecule has 4 saturated heterocycles. The van der Waals surface area contributed by atoms with Gasteiger partial charge in [0, 0.05) is 12.8 Å². The van der Waals surface area contributed by atoms with E-state index in [1.54, 1.807) is 0 Å². The minimum Gasteiger partial charge on any atom is -0.342 e. The van der Waals surface area contributed by atoms with Crippen LogP contribution in [-0.2, 0) is 18.9 Å². The Labute approximate surface area is 82.5 Å². The molecule has 4 rings (SSSR count). The summed E-state index contributed by atoms with van der Waals surface area (Å²) in [6.45, 7) is 4.02. The van der Waals surface area contributed by atoms with Crippen molar-refractivity contribution in [2.24, 2.45) is 0 Å². The first-order valence-electron chi connectivity index (χ1n) is 5.30. The molecule has 0 amide bonds. The second-order valence-corrected chi connectivity index (χ2v) is 5.03. The first kappa shape index (κ1) is 8.05. The van der Waals surface area contributed by atoms with E-state index in [1.807, 2.05) is 13.8 Å². The molecule has 0 bridgehead atoms. The highest BCUT2D eigenvalue weighted by Gasteiger charge is 2.67. The fraction of sp³-hybridized carbons (Fsp3) is 1.00. The van der Waals surface area contributed by atoms with Crippen LogP contribution in [-0.4, -0.2) is 36.0 Å². The summed E-state index contributed by atoms with van der Waals surface area (Å²) < 4.78 is 22.7. The Kier molecular flexibility index (Phi) is 1.16. The molecule has 4 aliphatic rings. The van der Waals surface area contributed by atoms with E-state index in [2.05, 4.69) is 0 Å². The molecule has 0 aromatic heterocycles. The first-order valence-corrected chi connectivity index (χ1v) is 5.30. The lowest BCUT2D eigenvalue weighted by Crippen LogP contribution is -2.48. The van der Waals surface area contributed by atoms with Crippen LogP contribution in [0.4, 0.5) is 0 Å². The lowest BCUT2D eigenvalue weighted by molar-refractivity contribution is -0.196. The summed E-state index contributed by atoms with van der Waals surface area (Å²) in [6.07, 6.45) is 2.71. The molecule has 0 unspecified atom stereocenters. The van der Waals surface area contributed by atoms with E-state index in [-0.39, 0.29) is 36.0 Å². The lowest BCUT2D eigenvalue weighted by Gasteiger charge is -2.36. The van der Waals surface area contributed by atoms with Crippen molar-refractivity contribution in [3.05, 3.63) is 0 Å². The predicted octanol–water partition coefficient (Wildman–Crippen LogP) is 0.794. The Morgan fingerprint density at radius 3 is 1.64 bits per heavy atom. The molecule has 4 nitrogen and oxygen atoms in total. The third-order valence-corrected chi connectivity index (χ3v) is 3.89. The second-order valence-electron chi connectivity index (χ2n) is 5.03. The number of hydrogen-bond donors (Lipinski definition) is 0. The zero-order valence-electron chi connectivity index (χ0n) is 8.36. The summed E-state index contributed by atoms with van der Waals surface area (Å²) in [5.74, 6) is -0.625. The van der Waals surface area contributed by atoms with Gasteiger partial charge in [0.05, 0.1) is 12.2 Å². The molecule has 6 atom stereocenters. The smallest absolute Gasteiger partial charge is 0.193 e. The average Bonchev–Trinajstić information content (AvgIpc) is 2.90. The van der Waals surface area contributed by atoms with Crippen LogP contribution >= 0.6 is 0 Å². The van der Waals surface area contributed by atoms with Gasteiger partial charge in [0.2, 0.25) is 0 Å². The summed E-state index contributed by atoms with van der Waals surface area (Å²) in [5.41, 5.74) is 0. The van der Waals surface area contributed by atoms with Crippen molar-refractivity contribution in [2.45, 2.75) is 62.7 Å². The summed E-state index contributed by atoms with van der Waals surface area (Å²) in [6, 6.07) is 0. The maximum atomic E-state index is 5.87. The minimum atomic E-state index is -0.312. The topological polar surface area (TPSA) is 43.5 Å². The van der Waals surface area contributed by atoms with E-state index in [1.165, 1.54) is 0 Å². The molecular weight excluding hydrogens is 184 g/mol. The van der Waals surface area contributed by atoms with Gasteiger partial charge in [0.15, 0.2) is 11.6 Å². The zero-order chi connectivity index (χ0) is 9.55. The number of hydrogen-bond acceptors (Lipinski definition) is 4. The fourth-order valence-corrected chi connectivity index (χ4v) is 2.80. The Morgan fingerprint density at radius 1 is 0.786 bits per heavy atom. The van der Waals surface area contributed by atoms with Gasteiger partial charge in [-0.15, -0.1) is 0 Å². The largest absolute Gasteiger partial charge is 0.342 e. The number of epoxide rings is 2. The van der Waals surface area contributed by atoms with E-state index >= 15 is 0 Å². The molecule has 0 saturated carbocycles. The molecule has 0 N–H and O–H groups in total. The SMILES string of the molecule is C[C@]12O[C@@H]3C[C@H]4O[C@@]4(C)O[C@@H]3C[C@H]1O2. The van der Waals surface area contributed by atoms with E-state index in [0.29, 0.717) is 0 Å². The molecule has 0 aliphatic carbocycles. The number of ether oxygens (including phenoxy) is 4. The van der Waals surface area contributed by atoms with Gasteiger partial charge in [-0.3, -0.25) is 0 Å². The quantitative estimate of drug-likeness (QED) is 0.540.